The van der Waals surface area contributed by atoms with Crippen molar-refractivity contribution in [2.24, 2.45) is 0 Å². The van der Waals surface area contributed by atoms with E-state index in [-0.39, 0.29) is 5.97 Å². The molecule has 0 aromatic heterocycles. The third-order valence-electron chi connectivity index (χ3n) is 1.07. The first-order chi connectivity index (χ1) is 4.66. The molecule has 0 aromatic rings. The first-order valence-corrected chi connectivity index (χ1v) is 4.35. The lowest BCUT2D eigenvalue weighted by Gasteiger charge is -2.06. The van der Waals surface area contributed by atoms with Crippen LogP contribution in [0.2, 0.25) is 0 Å². The maximum atomic E-state index is 10.3. The highest BCUT2D eigenvalue weighted by Crippen LogP contribution is 2.07. The van der Waals surface area contributed by atoms with Gasteiger partial charge in [-0.2, -0.15) is 0 Å². The number of rotatable bonds is 4. The Kier molecular flexibility index (Phi) is 5.69. The lowest BCUT2D eigenvalue weighted by Crippen LogP contribution is -2.10. The summed E-state index contributed by atoms with van der Waals surface area (Å²) >= 11 is 3.39. The second kappa shape index (κ2) is 5.71. The van der Waals surface area contributed by atoms with Crippen LogP contribution in [-0.4, -0.2) is 17.4 Å². The second-order valence-corrected chi connectivity index (χ2v) is 3.48. The van der Waals surface area contributed by atoms with Crippen LogP contribution in [0.4, 0.5) is 0 Å². The molecule has 1 atom stereocenters. The van der Waals surface area contributed by atoms with Crippen LogP contribution in [0.15, 0.2) is 0 Å². The summed E-state index contributed by atoms with van der Waals surface area (Å²) in [6, 6.07) is 0. The summed E-state index contributed by atoms with van der Waals surface area (Å²) in [5, 5.41) is 0. The van der Waals surface area contributed by atoms with Crippen molar-refractivity contribution in [3.8, 4) is 0 Å². The van der Waals surface area contributed by atoms with Gasteiger partial charge in [0.2, 0.25) is 0 Å². The lowest BCUT2D eigenvalue weighted by atomic mass is 10.3. The fourth-order valence-electron chi connectivity index (χ4n) is 0.604. The van der Waals surface area contributed by atoms with Gasteiger partial charge in [-0.15, -0.1) is 0 Å². The Hall–Kier alpha value is -0.0500. The molecule has 0 N–H and O–H groups in total. The van der Waals surface area contributed by atoms with Crippen LogP contribution in [0.3, 0.4) is 0 Å². The van der Waals surface area contributed by atoms with Crippen LogP contribution in [-0.2, 0) is 9.53 Å². The van der Waals surface area contributed by atoms with Gasteiger partial charge in [0, 0.05) is 11.8 Å². The zero-order chi connectivity index (χ0) is 7.98. The molecule has 3 heteroatoms. The molecule has 0 rings (SSSR count). The predicted molar refractivity (Wildman–Crippen MR) is 44.3 cm³/mol. The molecular weight excluding hydrogens is 196 g/mol. The van der Waals surface area contributed by atoms with E-state index in [1.54, 1.807) is 0 Å². The standard InChI is InChI=1S/C7H13BrO2/c1-3-4-7(8)5-10-6(2)9/h7H,3-5H2,1-2H3/t7-/m1/s1. The highest BCUT2D eigenvalue weighted by atomic mass is 79.9. The average molecular weight is 209 g/mol. The molecule has 0 radical (unpaired) electrons. The van der Waals surface area contributed by atoms with Crippen molar-refractivity contribution >= 4 is 21.9 Å². The van der Waals surface area contributed by atoms with Crippen molar-refractivity contribution in [3.63, 3.8) is 0 Å². The smallest absolute Gasteiger partial charge is 0.302 e. The topological polar surface area (TPSA) is 26.3 Å². The van der Waals surface area contributed by atoms with Gasteiger partial charge in [-0.3, -0.25) is 4.79 Å². The van der Waals surface area contributed by atoms with E-state index in [1.165, 1.54) is 6.92 Å². The molecular formula is C7H13BrO2. The molecule has 0 saturated heterocycles. The molecule has 0 heterocycles. The van der Waals surface area contributed by atoms with Crippen LogP contribution < -0.4 is 0 Å². The molecule has 0 unspecified atom stereocenters. The number of alkyl halides is 1. The van der Waals surface area contributed by atoms with Crippen molar-refractivity contribution < 1.29 is 9.53 Å². The summed E-state index contributed by atoms with van der Waals surface area (Å²) < 4.78 is 4.77. The largest absolute Gasteiger partial charge is 0.465 e. The third kappa shape index (κ3) is 6.08. The number of carbonyl (C=O) groups is 1. The maximum Gasteiger partial charge on any atom is 0.302 e. The van der Waals surface area contributed by atoms with Crippen LogP contribution in [0.1, 0.15) is 26.7 Å². The summed E-state index contributed by atoms with van der Waals surface area (Å²) in [4.78, 5) is 10.6. The van der Waals surface area contributed by atoms with E-state index in [4.69, 9.17) is 4.74 Å². The van der Waals surface area contributed by atoms with Gasteiger partial charge in [-0.05, 0) is 6.42 Å². The van der Waals surface area contributed by atoms with E-state index < -0.39 is 0 Å². The molecule has 0 aliphatic rings. The van der Waals surface area contributed by atoms with E-state index in [9.17, 15) is 4.79 Å². The summed E-state index contributed by atoms with van der Waals surface area (Å²) in [6.07, 6.45) is 2.16. The molecule has 0 fully saturated rings. The first-order valence-electron chi connectivity index (χ1n) is 3.44. The Bertz CT molecular complexity index is 104. The average Bonchev–Trinajstić information content (AvgIpc) is 1.85. The Morgan fingerprint density at radius 3 is 2.70 bits per heavy atom. The molecule has 0 aliphatic heterocycles. The maximum absolute atomic E-state index is 10.3. The van der Waals surface area contributed by atoms with Gasteiger partial charge < -0.3 is 4.74 Å². The highest BCUT2D eigenvalue weighted by Gasteiger charge is 2.03. The van der Waals surface area contributed by atoms with Gasteiger partial charge >= 0.3 is 5.97 Å². The minimum atomic E-state index is -0.208. The first kappa shape index (κ1) is 9.95. The third-order valence-corrected chi connectivity index (χ3v) is 1.79. The molecule has 0 spiro atoms. The van der Waals surface area contributed by atoms with Gasteiger partial charge in [0.05, 0.1) is 0 Å². The number of ether oxygens (including phenoxy) is 1. The molecule has 0 aliphatic carbocycles. The molecule has 2 nitrogen and oxygen atoms in total. The SMILES string of the molecule is CCC[C@@H](Br)COC(C)=O. The fraction of sp³-hybridized carbons (Fsp3) is 0.857. The summed E-state index contributed by atoms with van der Waals surface area (Å²) in [5.41, 5.74) is 0. The minimum absolute atomic E-state index is 0.208. The van der Waals surface area contributed by atoms with Crippen molar-refractivity contribution in [2.75, 3.05) is 6.61 Å². The van der Waals surface area contributed by atoms with Crippen molar-refractivity contribution in [1.82, 2.24) is 0 Å². The number of halogens is 1. The molecule has 0 aromatic carbocycles. The molecule has 60 valence electrons. The van der Waals surface area contributed by atoms with Crippen LogP contribution in [0, 0.1) is 0 Å². The summed E-state index contributed by atoms with van der Waals surface area (Å²) in [6.45, 7) is 4.01. The van der Waals surface area contributed by atoms with E-state index in [1.807, 2.05) is 0 Å². The number of carbonyl (C=O) groups excluding carboxylic acids is 1. The van der Waals surface area contributed by atoms with Gasteiger partial charge in [-0.25, -0.2) is 0 Å². The van der Waals surface area contributed by atoms with Crippen LogP contribution in [0.5, 0.6) is 0 Å². The molecule has 0 amide bonds. The van der Waals surface area contributed by atoms with Gasteiger partial charge in [-0.1, -0.05) is 29.3 Å². The highest BCUT2D eigenvalue weighted by molar-refractivity contribution is 9.09. The lowest BCUT2D eigenvalue weighted by molar-refractivity contribution is -0.140. The van der Waals surface area contributed by atoms with E-state index in [2.05, 4.69) is 22.9 Å². The van der Waals surface area contributed by atoms with E-state index >= 15 is 0 Å². The zero-order valence-electron chi connectivity index (χ0n) is 6.39. The van der Waals surface area contributed by atoms with Crippen molar-refractivity contribution in [2.45, 2.75) is 31.5 Å². The monoisotopic (exact) mass is 208 g/mol. The Labute approximate surface area is 70.1 Å². The van der Waals surface area contributed by atoms with Gasteiger partial charge in [0.15, 0.2) is 0 Å². The van der Waals surface area contributed by atoms with Gasteiger partial charge in [0.25, 0.3) is 0 Å². The normalized spacial score (nSPS) is 12.7. The number of hydrogen-bond acceptors (Lipinski definition) is 2. The Morgan fingerprint density at radius 2 is 2.30 bits per heavy atom. The fourth-order valence-corrected chi connectivity index (χ4v) is 1.19. The van der Waals surface area contributed by atoms with E-state index in [0.717, 1.165) is 12.8 Å². The molecule has 0 saturated carbocycles. The number of hydrogen-bond donors (Lipinski definition) is 0. The van der Waals surface area contributed by atoms with Crippen LogP contribution >= 0.6 is 15.9 Å². The molecule has 10 heavy (non-hydrogen) atoms. The quantitative estimate of drug-likeness (QED) is 0.523. The Morgan fingerprint density at radius 1 is 1.70 bits per heavy atom. The van der Waals surface area contributed by atoms with Crippen molar-refractivity contribution in [1.29, 1.82) is 0 Å². The minimum Gasteiger partial charge on any atom is -0.465 e. The van der Waals surface area contributed by atoms with E-state index in [0.29, 0.717) is 11.4 Å². The Balaban J connectivity index is 3.21. The molecule has 0 bridgehead atoms. The summed E-state index contributed by atoms with van der Waals surface area (Å²) in [7, 11) is 0. The number of esters is 1. The second-order valence-electron chi connectivity index (χ2n) is 2.19. The van der Waals surface area contributed by atoms with Crippen LogP contribution in [0.25, 0.3) is 0 Å². The predicted octanol–water partition coefficient (Wildman–Crippen LogP) is 2.11. The zero-order valence-corrected chi connectivity index (χ0v) is 7.98. The summed E-state index contributed by atoms with van der Waals surface area (Å²) in [5.74, 6) is -0.208. The van der Waals surface area contributed by atoms with Gasteiger partial charge in [0.1, 0.15) is 6.61 Å². The van der Waals surface area contributed by atoms with Crippen molar-refractivity contribution in [3.05, 3.63) is 0 Å².